The highest BCUT2D eigenvalue weighted by atomic mass is 32.2. The SMILES string of the molecule is O=S(=O)(NCCC1CCCN1)c1cccc2c1N=S=N2. The summed E-state index contributed by atoms with van der Waals surface area (Å²) in [5.74, 6) is 0. The van der Waals surface area contributed by atoms with E-state index in [0.29, 0.717) is 24.0 Å². The molecule has 2 aliphatic rings. The minimum absolute atomic E-state index is 0.211. The van der Waals surface area contributed by atoms with Gasteiger partial charge in [0.25, 0.3) is 0 Å². The van der Waals surface area contributed by atoms with E-state index >= 15 is 0 Å². The fourth-order valence-corrected chi connectivity index (χ4v) is 4.26. The Kier molecular flexibility index (Phi) is 3.97. The molecule has 0 bridgehead atoms. The number of nitrogens with one attached hydrogen (secondary N) is 2. The van der Waals surface area contributed by atoms with Gasteiger partial charge in [0.2, 0.25) is 10.0 Å². The number of rotatable bonds is 5. The predicted octanol–water partition coefficient (Wildman–Crippen LogP) is 1.83. The van der Waals surface area contributed by atoms with Crippen LogP contribution in [0.3, 0.4) is 0 Å². The van der Waals surface area contributed by atoms with Crippen LogP contribution in [-0.4, -0.2) is 27.5 Å². The van der Waals surface area contributed by atoms with Gasteiger partial charge in [-0.1, -0.05) is 6.07 Å². The van der Waals surface area contributed by atoms with Gasteiger partial charge in [-0.2, -0.15) is 8.73 Å². The van der Waals surface area contributed by atoms with Gasteiger partial charge >= 0.3 is 0 Å². The van der Waals surface area contributed by atoms with Gasteiger partial charge < -0.3 is 5.32 Å². The van der Waals surface area contributed by atoms with Crippen molar-refractivity contribution in [1.82, 2.24) is 10.0 Å². The monoisotopic (exact) mass is 312 g/mol. The van der Waals surface area contributed by atoms with E-state index in [4.69, 9.17) is 0 Å². The first-order valence-corrected chi connectivity index (χ1v) is 8.82. The van der Waals surface area contributed by atoms with Crippen LogP contribution in [-0.2, 0) is 21.4 Å². The molecule has 1 aromatic rings. The first kappa shape index (κ1) is 13.9. The Morgan fingerprint density at radius 1 is 1.40 bits per heavy atom. The first-order valence-electron chi connectivity index (χ1n) is 6.61. The van der Waals surface area contributed by atoms with E-state index in [-0.39, 0.29) is 4.90 Å². The van der Waals surface area contributed by atoms with Crippen LogP contribution in [0.1, 0.15) is 19.3 Å². The number of fused-ring (bicyclic) bond motifs is 1. The smallest absolute Gasteiger partial charge is 0.242 e. The van der Waals surface area contributed by atoms with Gasteiger partial charge in [0.15, 0.2) is 0 Å². The molecule has 2 aliphatic heterocycles. The summed E-state index contributed by atoms with van der Waals surface area (Å²) in [6, 6.07) is 5.45. The number of hydrogen-bond acceptors (Lipinski definition) is 5. The second-order valence-electron chi connectivity index (χ2n) is 4.87. The summed E-state index contributed by atoms with van der Waals surface area (Å²) in [6.07, 6.45) is 3.10. The van der Waals surface area contributed by atoms with Gasteiger partial charge in [-0.25, -0.2) is 13.1 Å². The van der Waals surface area contributed by atoms with E-state index in [1.54, 1.807) is 18.2 Å². The van der Waals surface area contributed by atoms with Crippen molar-refractivity contribution < 1.29 is 8.42 Å². The first-order chi connectivity index (χ1) is 9.67. The molecule has 1 fully saturated rings. The van der Waals surface area contributed by atoms with Gasteiger partial charge in [0, 0.05) is 12.6 Å². The predicted molar refractivity (Wildman–Crippen MR) is 78.8 cm³/mol. The molecule has 0 spiro atoms. The molecule has 108 valence electrons. The van der Waals surface area contributed by atoms with Gasteiger partial charge in [-0.3, -0.25) is 0 Å². The molecule has 1 atom stereocenters. The lowest BCUT2D eigenvalue weighted by atomic mass is 10.2. The van der Waals surface area contributed by atoms with Crippen molar-refractivity contribution >= 4 is 32.8 Å². The van der Waals surface area contributed by atoms with Crippen molar-refractivity contribution in [2.24, 2.45) is 8.73 Å². The lowest BCUT2D eigenvalue weighted by molar-refractivity contribution is 0.539. The maximum Gasteiger partial charge on any atom is 0.242 e. The highest BCUT2D eigenvalue weighted by Gasteiger charge is 2.22. The Bertz CT molecular complexity index is 675. The lowest BCUT2D eigenvalue weighted by Crippen LogP contribution is -2.30. The summed E-state index contributed by atoms with van der Waals surface area (Å²) in [4.78, 5) is 0.211. The Morgan fingerprint density at radius 3 is 3.10 bits per heavy atom. The summed E-state index contributed by atoms with van der Waals surface area (Å²) in [5.41, 5.74) is 1.07. The largest absolute Gasteiger partial charge is 0.314 e. The summed E-state index contributed by atoms with van der Waals surface area (Å²) in [7, 11) is -3.52. The van der Waals surface area contributed by atoms with E-state index in [2.05, 4.69) is 18.8 Å². The van der Waals surface area contributed by atoms with Crippen LogP contribution in [0.2, 0.25) is 0 Å². The quantitative estimate of drug-likeness (QED) is 0.883. The molecule has 20 heavy (non-hydrogen) atoms. The average Bonchev–Trinajstić information content (AvgIpc) is 3.08. The van der Waals surface area contributed by atoms with Crippen molar-refractivity contribution in [3.63, 3.8) is 0 Å². The third kappa shape index (κ3) is 2.83. The molecule has 0 aliphatic carbocycles. The molecule has 1 unspecified atom stereocenters. The van der Waals surface area contributed by atoms with E-state index in [1.807, 2.05) is 0 Å². The molecule has 2 N–H and O–H groups in total. The van der Waals surface area contributed by atoms with Crippen molar-refractivity contribution in [1.29, 1.82) is 0 Å². The Morgan fingerprint density at radius 2 is 2.30 bits per heavy atom. The zero-order chi connectivity index (χ0) is 14.0. The minimum atomic E-state index is -3.52. The molecular formula is C12H16N4O2S2. The summed E-state index contributed by atoms with van der Waals surface area (Å²) in [5, 5.41) is 3.35. The van der Waals surface area contributed by atoms with Crippen LogP contribution in [0.25, 0.3) is 0 Å². The molecule has 1 saturated heterocycles. The zero-order valence-electron chi connectivity index (χ0n) is 10.9. The lowest BCUT2D eigenvalue weighted by Gasteiger charge is -2.12. The summed E-state index contributed by atoms with van der Waals surface area (Å²) < 4.78 is 35.4. The third-order valence-corrected chi connectivity index (χ3v) is 5.52. The molecule has 1 aromatic carbocycles. The average molecular weight is 312 g/mol. The van der Waals surface area contributed by atoms with Crippen molar-refractivity contribution in [2.45, 2.75) is 30.2 Å². The van der Waals surface area contributed by atoms with Crippen molar-refractivity contribution in [3.05, 3.63) is 18.2 Å². The third-order valence-electron chi connectivity index (χ3n) is 3.49. The van der Waals surface area contributed by atoms with Crippen molar-refractivity contribution in [3.8, 4) is 0 Å². The van der Waals surface area contributed by atoms with Gasteiger partial charge in [-0.05, 0) is 37.9 Å². The minimum Gasteiger partial charge on any atom is -0.314 e. The maximum absolute atomic E-state index is 12.3. The van der Waals surface area contributed by atoms with E-state index in [0.717, 1.165) is 30.7 Å². The van der Waals surface area contributed by atoms with Crippen LogP contribution in [0.5, 0.6) is 0 Å². The molecule has 3 rings (SSSR count). The van der Waals surface area contributed by atoms with E-state index in [9.17, 15) is 8.42 Å². The van der Waals surface area contributed by atoms with E-state index in [1.165, 1.54) is 6.42 Å². The standard InChI is InChI=1S/C12H16N4O2S2/c17-20(18,14-8-6-9-3-2-7-13-9)11-5-1-4-10-12(11)16-19-15-10/h1,4-5,9,13-14H,2-3,6-8H2. The molecule has 0 aromatic heterocycles. The molecule has 8 heteroatoms. The highest BCUT2D eigenvalue weighted by molar-refractivity contribution is 7.89. The van der Waals surface area contributed by atoms with Gasteiger partial charge in [0.1, 0.15) is 16.3 Å². The molecule has 0 saturated carbocycles. The van der Waals surface area contributed by atoms with E-state index < -0.39 is 10.0 Å². The van der Waals surface area contributed by atoms with Gasteiger partial charge in [-0.15, -0.1) is 0 Å². The topological polar surface area (TPSA) is 82.9 Å². The molecular weight excluding hydrogens is 296 g/mol. The highest BCUT2D eigenvalue weighted by Crippen LogP contribution is 2.37. The maximum atomic E-state index is 12.3. The fourth-order valence-electron chi connectivity index (χ4n) is 2.45. The van der Waals surface area contributed by atoms with Crippen LogP contribution in [0, 0.1) is 0 Å². The molecule has 0 radical (unpaired) electrons. The number of sulfonamides is 1. The molecule has 6 nitrogen and oxygen atoms in total. The van der Waals surface area contributed by atoms with Crippen molar-refractivity contribution in [2.75, 3.05) is 13.1 Å². The second kappa shape index (κ2) is 5.72. The summed E-state index contributed by atoms with van der Waals surface area (Å²) >= 11 is 1.03. The number of nitrogens with zero attached hydrogens (tertiary/aromatic N) is 2. The van der Waals surface area contributed by atoms with Crippen LogP contribution in [0.15, 0.2) is 31.8 Å². The second-order valence-corrected chi connectivity index (χ2v) is 7.13. The normalized spacial score (nSPS) is 20.9. The van der Waals surface area contributed by atoms with Crippen LogP contribution >= 0.6 is 0 Å². The Hall–Kier alpha value is -1.09. The van der Waals surface area contributed by atoms with Gasteiger partial charge in [0.05, 0.1) is 11.4 Å². The summed E-state index contributed by atoms with van der Waals surface area (Å²) in [6.45, 7) is 1.47. The Labute approximate surface area is 121 Å². The Balaban J connectivity index is 1.69. The van der Waals surface area contributed by atoms with Crippen LogP contribution in [0.4, 0.5) is 11.4 Å². The molecule has 0 amide bonds. The number of hydrogen-bond donors (Lipinski definition) is 2. The fraction of sp³-hybridized carbons (Fsp3) is 0.500. The zero-order valence-corrected chi connectivity index (χ0v) is 12.5. The van der Waals surface area contributed by atoms with Crippen LogP contribution < -0.4 is 10.0 Å². The molecule has 2 heterocycles. The number of benzene rings is 1.